The highest BCUT2D eigenvalue weighted by Crippen LogP contribution is 2.23. The van der Waals surface area contributed by atoms with E-state index in [0.717, 1.165) is 24.3 Å². The number of anilines is 1. The molecule has 1 aromatic heterocycles. The van der Waals surface area contributed by atoms with Crippen LogP contribution in [0.4, 0.5) is 9.52 Å². The van der Waals surface area contributed by atoms with E-state index >= 15 is 0 Å². The first kappa shape index (κ1) is 22.1. The van der Waals surface area contributed by atoms with Gasteiger partial charge in [-0.25, -0.2) is 4.39 Å². The van der Waals surface area contributed by atoms with Gasteiger partial charge in [-0.1, -0.05) is 41.7 Å². The number of hydrogen-bond donors (Lipinski definition) is 1. The topological polar surface area (TPSA) is 75.2 Å². The van der Waals surface area contributed by atoms with Gasteiger partial charge in [-0.15, -0.1) is 10.2 Å². The second-order valence-electron chi connectivity index (χ2n) is 7.90. The van der Waals surface area contributed by atoms with Gasteiger partial charge in [0.15, 0.2) is 0 Å². The van der Waals surface area contributed by atoms with Gasteiger partial charge in [0.25, 0.3) is 5.91 Å². The number of aromatic nitrogens is 2. The van der Waals surface area contributed by atoms with Gasteiger partial charge < -0.3 is 10.2 Å². The van der Waals surface area contributed by atoms with Crippen LogP contribution in [0.25, 0.3) is 0 Å². The molecule has 2 amide bonds. The first-order valence-electron chi connectivity index (χ1n) is 10.8. The second-order valence-corrected chi connectivity index (χ2v) is 8.96. The van der Waals surface area contributed by atoms with E-state index in [1.807, 2.05) is 18.2 Å². The fraction of sp³-hybridized carbons (Fsp3) is 0.333. The third kappa shape index (κ3) is 5.76. The maximum Gasteiger partial charge on any atom is 0.253 e. The summed E-state index contributed by atoms with van der Waals surface area (Å²) in [6.07, 6.45) is 3.96. The Hall–Kier alpha value is -3.13. The van der Waals surface area contributed by atoms with Crippen molar-refractivity contribution in [3.05, 3.63) is 76.5 Å². The zero-order chi connectivity index (χ0) is 22.3. The van der Waals surface area contributed by atoms with E-state index in [4.69, 9.17) is 0 Å². The number of amides is 2. The lowest BCUT2D eigenvalue weighted by atomic mass is 9.95. The number of benzene rings is 2. The minimum atomic E-state index is -0.368. The van der Waals surface area contributed by atoms with Crippen molar-refractivity contribution in [3.63, 3.8) is 0 Å². The minimum Gasteiger partial charge on any atom is -0.339 e. The fourth-order valence-electron chi connectivity index (χ4n) is 3.82. The zero-order valence-electron chi connectivity index (χ0n) is 17.7. The van der Waals surface area contributed by atoms with E-state index in [1.54, 1.807) is 4.90 Å². The fourth-order valence-corrected chi connectivity index (χ4v) is 4.61. The molecule has 1 aliphatic heterocycles. The number of piperidine rings is 1. The number of nitrogens with one attached hydrogen (secondary N) is 1. The summed E-state index contributed by atoms with van der Waals surface area (Å²) < 4.78 is 13.1. The van der Waals surface area contributed by atoms with Crippen molar-refractivity contribution in [2.45, 2.75) is 32.1 Å². The molecule has 6 nitrogen and oxygen atoms in total. The van der Waals surface area contributed by atoms with Gasteiger partial charge >= 0.3 is 0 Å². The van der Waals surface area contributed by atoms with Crippen LogP contribution in [0.1, 0.15) is 40.2 Å². The third-order valence-corrected chi connectivity index (χ3v) is 6.54. The van der Waals surface area contributed by atoms with Crippen LogP contribution < -0.4 is 5.32 Å². The summed E-state index contributed by atoms with van der Waals surface area (Å²) in [6.45, 7) is 0.990. The molecule has 2 aromatic carbocycles. The average Bonchev–Trinajstić information content (AvgIpc) is 3.27. The van der Waals surface area contributed by atoms with Crippen LogP contribution in [0, 0.1) is 11.7 Å². The van der Waals surface area contributed by atoms with Crippen LogP contribution in [0.2, 0.25) is 0 Å². The van der Waals surface area contributed by atoms with Crippen LogP contribution in [-0.2, 0) is 17.6 Å². The molecule has 166 valence electrons. The molecule has 0 atom stereocenters. The third-order valence-electron chi connectivity index (χ3n) is 5.64. The van der Waals surface area contributed by atoms with Crippen molar-refractivity contribution in [2.75, 3.05) is 18.4 Å². The number of likely N-dealkylation sites (tertiary alicyclic amines) is 1. The molecule has 4 rings (SSSR count). The van der Waals surface area contributed by atoms with Crippen LogP contribution in [0.3, 0.4) is 0 Å². The molecule has 0 unspecified atom stereocenters. The molecule has 2 heterocycles. The maximum absolute atomic E-state index is 13.1. The molecule has 0 spiro atoms. The number of hydrogen-bond acceptors (Lipinski definition) is 5. The quantitative estimate of drug-likeness (QED) is 0.579. The van der Waals surface area contributed by atoms with Gasteiger partial charge in [-0.2, -0.15) is 0 Å². The molecule has 1 saturated heterocycles. The SMILES string of the molecule is O=C(Nc1nnc(CCCc2ccccc2)s1)C1CCN(C(=O)c2ccc(F)cc2)CC1. The predicted molar refractivity (Wildman–Crippen MR) is 122 cm³/mol. The summed E-state index contributed by atoms with van der Waals surface area (Å²) in [6, 6.07) is 15.9. The molecular formula is C24H25FN4O2S. The van der Waals surface area contributed by atoms with E-state index in [0.29, 0.717) is 36.6 Å². The lowest BCUT2D eigenvalue weighted by Gasteiger charge is -2.31. The van der Waals surface area contributed by atoms with Gasteiger partial charge in [-0.05, 0) is 55.5 Å². The molecule has 3 aromatic rings. The summed E-state index contributed by atoms with van der Waals surface area (Å²) in [5.74, 6) is -0.746. The highest BCUT2D eigenvalue weighted by molar-refractivity contribution is 7.15. The smallest absolute Gasteiger partial charge is 0.253 e. The van der Waals surface area contributed by atoms with Gasteiger partial charge in [0, 0.05) is 31.0 Å². The number of halogens is 1. The lowest BCUT2D eigenvalue weighted by molar-refractivity contribution is -0.121. The minimum absolute atomic E-state index is 0.0779. The van der Waals surface area contributed by atoms with Crippen molar-refractivity contribution in [1.82, 2.24) is 15.1 Å². The van der Waals surface area contributed by atoms with E-state index in [9.17, 15) is 14.0 Å². The van der Waals surface area contributed by atoms with E-state index in [2.05, 4.69) is 27.6 Å². The Bertz CT molecular complexity index is 1050. The molecule has 0 bridgehead atoms. The largest absolute Gasteiger partial charge is 0.339 e. The van der Waals surface area contributed by atoms with Crippen molar-refractivity contribution in [2.24, 2.45) is 5.92 Å². The number of carbonyl (C=O) groups excluding carboxylic acids is 2. The first-order chi connectivity index (χ1) is 15.6. The normalized spacial score (nSPS) is 14.3. The van der Waals surface area contributed by atoms with E-state index < -0.39 is 0 Å². The maximum atomic E-state index is 13.1. The summed E-state index contributed by atoms with van der Waals surface area (Å²) in [4.78, 5) is 26.9. The highest BCUT2D eigenvalue weighted by atomic mass is 32.1. The zero-order valence-corrected chi connectivity index (χ0v) is 18.5. The van der Waals surface area contributed by atoms with Gasteiger partial charge in [-0.3, -0.25) is 9.59 Å². The molecular weight excluding hydrogens is 427 g/mol. The second kappa shape index (κ2) is 10.5. The van der Waals surface area contributed by atoms with Crippen LogP contribution in [-0.4, -0.2) is 40.0 Å². The monoisotopic (exact) mass is 452 g/mol. The average molecular weight is 453 g/mol. The molecule has 1 N–H and O–H groups in total. The molecule has 1 aliphatic rings. The predicted octanol–water partition coefficient (Wildman–Crippen LogP) is 4.34. The molecule has 0 aliphatic carbocycles. The Morgan fingerprint density at radius 2 is 1.72 bits per heavy atom. The van der Waals surface area contributed by atoms with Crippen molar-refractivity contribution in [3.8, 4) is 0 Å². The number of aryl methyl sites for hydroxylation is 2. The Morgan fingerprint density at radius 1 is 1.00 bits per heavy atom. The Morgan fingerprint density at radius 3 is 2.44 bits per heavy atom. The Kier molecular flexibility index (Phi) is 7.21. The van der Waals surface area contributed by atoms with E-state index in [-0.39, 0.29) is 23.5 Å². The van der Waals surface area contributed by atoms with Crippen molar-refractivity contribution in [1.29, 1.82) is 0 Å². The molecule has 0 saturated carbocycles. The number of carbonyl (C=O) groups is 2. The summed E-state index contributed by atoms with van der Waals surface area (Å²) in [5.41, 5.74) is 1.76. The lowest BCUT2D eigenvalue weighted by Crippen LogP contribution is -2.41. The van der Waals surface area contributed by atoms with Gasteiger partial charge in [0.05, 0.1) is 0 Å². The number of rotatable bonds is 7. The molecule has 0 radical (unpaired) electrons. The van der Waals surface area contributed by atoms with Gasteiger partial charge in [0.1, 0.15) is 10.8 Å². The molecule has 32 heavy (non-hydrogen) atoms. The summed E-state index contributed by atoms with van der Waals surface area (Å²) in [7, 11) is 0. The highest BCUT2D eigenvalue weighted by Gasteiger charge is 2.28. The van der Waals surface area contributed by atoms with Crippen molar-refractivity contribution < 1.29 is 14.0 Å². The summed E-state index contributed by atoms with van der Waals surface area (Å²) >= 11 is 1.41. The molecule has 8 heteroatoms. The first-order valence-corrected chi connectivity index (χ1v) is 11.6. The Balaban J connectivity index is 1.22. The Labute approximate surface area is 190 Å². The van der Waals surface area contributed by atoms with Crippen LogP contribution in [0.15, 0.2) is 54.6 Å². The van der Waals surface area contributed by atoms with Crippen LogP contribution in [0.5, 0.6) is 0 Å². The van der Waals surface area contributed by atoms with E-state index in [1.165, 1.54) is 41.2 Å². The summed E-state index contributed by atoms with van der Waals surface area (Å²) in [5, 5.41) is 12.6. The van der Waals surface area contributed by atoms with Crippen LogP contribution >= 0.6 is 11.3 Å². The standard InChI is InChI=1S/C24H25FN4O2S/c25-20-11-9-19(10-12-20)23(31)29-15-13-18(14-16-29)22(30)26-24-28-27-21(32-24)8-4-7-17-5-2-1-3-6-17/h1-3,5-6,9-12,18H,4,7-8,13-16H2,(H,26,28,30). The van der Waals surface area contributed by atoms with Crippen molar-refractivity contribution >= 4 is 28.3 Å². The number of nitrogens with zero attached hydrogens (tertiary/aromatic N) is 3. The van der Waals surface area contributed by atoms with Gasteiger partial charge in [0.2, 0.25) is 11.0 Å². The molecule has 1 fully saturated rings.